The number of halogens is 1. The molecule has 0 bridgehead atoms. The number of likely N-dealkylation sites (N-methyl/N-ethyl adjacent to an activating group) is 1. The van der Waals surface area contributed by atoms with E-state index < -0.39 is 0 Å². The maximum Gasteiger partial charge on any atom is 0.306 e. The fourth-order valence-corrected chi connectivity index (χ4v) is 6.59. The van der Waals surface area contributed by atoms with Crippen LogP contribution in [0.1, 0.15) is 226 Å². The summed E-state index contributed by atoms with van der Waals surface area (Å²) < 4.78 is 12.2. The average Bonchev–Trinajstić information content (AvgIpc) is 3.07. The van der Waals surface area contributed by atoms with Gasteiger partial charge >= 0.3 is 11.9 Å². The number of quaternary nitrogens is 1. The van der Waals surface area contributed by atoms with Crippen LogP contribution in [0.3, 0.4) is 0 Å². The molecule has 1 unspecified atom stereocenters. The molecule has 5 nitrogen and oxygen atoms in total. The van der Waals surface area contributed by atoms with Crippen LogP contribution in [0.25, 0.3) is 0 Å². The smallest absolute Gasteiger partial charge is 0.306 e. The maximum absolute atomic E-state index is 12.7. The summed E-state index contributed by atoms with van der Waals surface area (Å²) in [6.45, 7) is 8.46. The summed E-state index contributed by atoms with van der Waals surface area (Å²) in [5, 5.41) is 0. The van der Waals surface area contributed by atoms with Gasteiger partial charge in [0.15, 0.2) is 6.10 Å². The highest BCUT2D eigenvalue weighted by Crippen LogP contribution is 2.16. The van der Waals surface area contributed by atoms with Crippen LogP contribution in [0.15, 0.2) is 0 Å². The number of carbonyl (C=O) groups is 2. The van der Waals surface area contributed by atoms with Gasteiger partial charge in [0.2, 0.25) is 0 Å². The minimum absolute atomic E-state index is 0. The van der Waals surface area contributed by atoms with Gasteiger partial charge in [-0.3, -0.25) is 9.59 Å². The normalized spacial score (nSPS) is 12.1. The summed E-state index contributed by atoms with van der Waals surface area (Å²) in [7, 11) is 4.26. The standard InChI is InChI=1S/C43H86NO4.HI/c1-6-9-11-13-15-17-19-21-23-25-27-29-31-33-35-37-42(45)47-40-41(39-44(4,5)8-3)48-43(46)38-36-34-32-30-28-26-24-22-20-18-16-14-12-10-7-2;/h41H,6-40H2,1-5H3;1H/q+1;. The highest BCUT2D eigenvalue weighted by atomic mass is 127. The van der Waals surface area contributed by atoms with Gasteiger partial charge in [-0.1, -0.05) is 194 Å². The minimum atomic E-state index is -0.381. The molecule has 294 valence electrons. The fraction of sp³-hybridized carbons (Fsp3) is 0.953. The van der Waals surface area contributed by atoms with E-state index in [1.54, 1.807) is 0 Å². The Hall–Kier alpha value is -0.370. The number of unbranched alkanes of at least 4 members (excludes halogenated alkanes) is 28. The van der Waals surface area contributed by atoms with Crippen molar-refractivity contribution in [2.75, 3.05) is 33.8 Å². The van der Waals surface area contributed by atoms with Crippen molar-refractivity contribution >= 4 is 35.9 Å². The molecule has 0 aromatic rings. The second-order valence-corrected chi connectivity index (χ2v) is 15.6. The Morgan fingerprint density at radius 3 is 1.04 bits per heavy atom. The molecule has 0 fully saturated rings. The number of esters is 2. The van der Waals surface area contributed by atoms with Gasteiger partial charge in [0.1, 0.15) is 13.2 Å². The zero-order valence-electron chi connectivity index (χ0n) is 33.8. The lowest BCUT2D eigenvalue weighted by molar-refractivity contribution is -0.891. The van der Waals surface area contributed by atoms with Crippen molar-refractivity contribution in [3.05, 3.63) is 0 Å². The predicted octanol–water partition coefficient (Wildman–Crippen LogP) is 13.7. The largest absolute Gasteiger partial charge is 0.461 e. The first kappa shape index (κ1) is 50.7. The van der Waals surface area contributed by atoms with E-state index in [1.165, 1.54) is 167 Å². The Bertz CT molecular complexity index is 701. The third kappa shape index (κ3) is 38.7. The summed E-state index contributed by atoms with van der Waals surface area (Å²) in [5.41, 5.74) is 0. The Morgan fingerprint density at radius 1 is 0.449 bits per heavy atom. The molecule has 0 amide bonds. The maximum atomic E-state index is 12.7. The van der Waals surface area contributed by atoms with Crippen molar-refractivity contribution < 1.29 is 23.5 Å². The van der Waals surface area contributed by atoms with Gasteiger partial charge in [-0.2, -0.15) is 0 Å². The molecule has 0 N–H and O–H groups in total. The number of carbonyl (C=O) groups excluding carboxylic acids is 2. The van der Waals surface area contributed by atoms with Crippen LogP contribution in [-0.2, 0) is 19.1 Å². The molecule has 1 atom stereocenters. The van der Waals surface area contributed by atoms with E-state index in [0.717, 1.165) is 36.7 Å². The van der Waals surface area contributed by atoms with Gasteiger partial charge in [0.25, 0.3) is 0 Å². The highest BCUT2D eigenvalue weighted by Gasteiger charge is 2.25. The number of nitrogens with zero attached hydrogens (tertiary/aromatic N) is 1. The lowest BCUT2D eigenvalue weighted by Crippen LogP contribution is -2.47. The first-order valence-electron chi connectivity index (χ1n) is 21.5. The van der Waals surface area contributed by atoms with E-state index in [-0.39, 0.29) is 48.6 Å². The SMILES string of the molecule is CCCCCCCCCCCCCCCCCC(=O)OCC(C[N+](C)(C)CC)OC(=O)CCCCCCCCCCCCCCCCC.I. The second-order valence-electron chi connectivity index (χ2n) is 15.6. The quantitative estimate of drug-likeness (QED) is 0.0270. The van der Waals surface area contributed by atoms with E-state index >= 15 is 0 Å². The fourth-order valence-electron chi connectivity index (χ4n) is 6.59. The third-order valence-electron chi connectivity index (χ3n) is 10.3. The summed E-state index contributed by atoms with van der Waals surface area (Å²) >= 11 is 0. The molecular weight excluding hydrogens is 721 g/mol. The van der Waals surface area contributed by atoms with Crippen LogP contribution in [-0.4, -0.2) is 56.3 Å². The Kier molecular flexibility index (Phi) is 40.2. The summed E-state index contributed by atoms with van der Waals surface area (Å²) in [4.78, 5) is 25.1. The zero-order chi connectivity index (χ0) is 35.4. The number of hydrogen-bond acceptors (Lipinski definition) is 4. The van der Waals surface area contributed by atoms with Gasteiger partial charge in [-0.25, -0.2) is 0 Å². The van der Waals surface area contributed by atoms with Gasteiger partial charge in [0.05, 0.1) is 20.6 Å². The molecule has 0 aromatic heterocycles. The summed E-state index contributed by atoms with van der Waals surface area (Å²) in [6.07, 6.45) is 39.9. The monoisotopic (exact) mass is 809 g/mol. The molecule has 0 saturated heterocycles. The Balaban J connectivity index is 0. The molecule has 0 heterocycles. The van der Waals surface area contributed by atoms with Crippen molar-refractivity contribution in [3.8, 4) is 0 Å². The first-order chi connectivity index (χ1) is 23.3. The van der Waals surface area contributed by atoms with Crippen LogP contribution in [0.2, 0.25) is 0 Å². The number of rotatable bonds is 38. The van der Waals surface area contributed by atoms with Crippen molar-refractivity contribution in [2.45, 2.75) is 232 Å². The second kappa shape index (κ2) is 38.9. The highest BCUT2D eigenvalue weighted by molar-refractivity contribution is 14.0. The van der Waals surface area contributed by atoms with Crippen LogP contribution in [0.4, 0.5) is 0 Å². The van der Waals surface area contributed by atoms with Crippen molar-refractivity contribution in [1.29, 1.82) is 0 Å². The lowest BCUT2D eigenvalue weighted by Gasteiger charge is -2.31. The van der Waals surface area contributed by atoms with Crippen molar-refractivity contribution in [1.82, 2.24) is 0 Å². The van der Waals surface area contributed by atoms with Gasteiger partial charge in [-0.05, 0) is 19.8 Å². The van der Waals surface area contributed by atoms with Crippen LogP contribution in [0, 0.1) is 0 Å². The minimum Gasteiger partial charge on any atom is -0.461 e. The molecular formula is C43H87INO4+. The molecule has 0 saturated carbocycles. The number of ether oxygens (including phenoxy) is 2. The average molecular weight is 809 g/mol. The molecule has 0 radical (unpaired) electrons. The third-order valence-corrected chi connectivity index (χ3v) is 10.3. The van der Waals surface area contributed by atoms with Crippen molar-refractivity contribution in [3.63, 3.8) is 0 Å². The topological polar surface area (TPSA) is 52.6 Å². The number of hydrogen-bond donors (Lipinski definition) is 0. The van der Waals surface area contributed by atoms with E-state index in [1.807, 2.05) is 0 Å². The molecule has 0 aliphatic carbocycles. The molecule has 49 heavy (non-hydrogen) atoms. The predicted molar refractivity (Wildman–Crippen MR) is 223 cm³/mol. The molecule has 0 spiro atoms. The molecule has 0 aromatic carbocycles. The molecule has 0 rings (SSSR count). The van der Waals surface area contributed by atoms with E-state index in [4.69, 9.17) is 9.47 Å². The zero-order valence-corrected chi connectivity index (χ0v) is 36.1. The lowest BCUT2D eigenvalue weighted by atomic mass is 10.0. The van der Waals surface area contributed by atoms with Gasteiger partial charge < -0.3 is 14.0 Å². The molecule has 0 aliphatic heterocycles. The Morgan fingerprint density at radius 2 is 0.735 bits per heavy atom. The first-order valence-corrected chi connectivity index (χ1v) is 21.5. The van der Waals surface area contributed by atoms with E-state index in [0.29, 0.717) is 19.4 Å². The van der Waals surface area contributed by atoms with Crippen LogP contribution in [0.5, 0.6) is 0 Å². The van der Waals surface area contributed by atoms with Crippen molar-refractivity contribution in [2.24, 2.45) is 0 Å². The summed E-state index contributed by atoms with van der Waals surface area (Å²) in [6, 6.07) is 0. The van der Waals surface area contributed by atoms with Gasteiger partial charge in [-0.15, -0.1) is 24.0 Å². The molecule has 0 aliphatic rings. The molecule has 6 heteroatoms. The van der Waals surface area contributed by atoms with Gasteiger partial charge in [0, 0.05) is 12.8 Å². The summed E-state index contributed by atoms with van der Waals surface area (Å²) in [5.74, 6) is -0.306. The van der Waals surface area contributed by atoms with Crippen LogP contribution < -0.4 is 0 Å². The Labute approximate surface area is 324 Å². The van der Waals surface area contributed by atoms with Crippen LogP contribution >= 0.6 is 24.0 Å². The van der Waals surface area contributed by atoms with E-state index in [2.05, 4.69) is 34.9 Å². The van der Waals surface area contributed by atoms with E-state index in [9.17, 15) is 9.59 Å².